The largest absolute Gasteiger partial charge is 0.476 e. The third-order valence-electron chi connectivity index (χ3n) is 8.43. The second-order valence-electron chi connectivity index (χ2n) is 11.2. The Morgan fingerprint density at radius 3 is 2.49 bits per heavy atom. The molecule has 220 valence electrons. The topological polar surface area (TPSA) is 128 Å². The average Bonchev–Trinajstić information content (AvgIpc) is 3.66. The summed E-state index contributed by atoms with van der Waals surface area (Å²) in [6.45, 7) is -0.169. The maximum Gasteiger partial charge on any atom is 0.356 e. The summed E-state index contributed by atoms with van der Waals surface area (Å²) in [6, 6.07) is 10.3. The molecule has 3 atom stereocenters. The van der Waals surface area contributed by atoms with Crippen molar-refractivity contribution < 1.29 is 32.7 Å². The van der Waals surface area contributed by atoms with Crippen LogP contribution in [-0.2, 0) is 17.8 Å². The Bertz CT molecular complexity index is 1770. The van der Waals surface area contributed by atoms with E-state index in [2.05, 4.69) is 10.1 Å². The van der Waals surface area contributed by atoms with Crippen LogP contribution in [0, 0.1) is 17.5 Å². The maximum absolute atomic E-state index is 14.3. The van der Waals surface area contributed by atoms with Gasteiger partial charge in [0, 0.05) is 47.3 Å². The Morgan fingerprint density at radius 2 is 1.77 bits per heavy atom. The third kappa shape index (κ3) is 5.42. The van der Waals surface area contributed by atoms with Crippen molar-refractivity contribution in [3.63, 3.8) is 0 Å². The van der Waals surface area contributed by atoms with E-state index in [1.165, 1.54) is 35.1 Å². The zero-order chi connectivity index (χ0) is 30.4. The van der Waals surface area contributed by atoms with Gasteiger partial charge in [0.1, 0.15) is 17.5 Å². The van der Waals surface area contributed by atoms with Gasteiger partial charge in [0.25, 0.3) is 5.91 Å². The van der Waals surface area contributed by atoms with Gasteiger partial charge >= 0.3 is 5.97 Å². The van der Waals surface area contributed by atoms with Crippen LogP contribution in [0.15, 0.2) is 54.7 Å². The van der Waals surface area contributed by atoms with Crippen LogP contribution in [0.25, 0.3) is 11.1 Å². The van der Waals surface area contributed by atoms with E-state index in [1.54, 1.807) is 12.1 Å². The molecule has 2 aliphatic rings. The summed E-state index contributed by atoms with van der Waals surface area (Å²) < 4.78 is 44.0. The van der Waals surface area contributed by atoms with Crippen LogP contribution in [0.1, 0.15) is 86.8 Å². The Morgan fingerprint density at radius 1 is 1.02 bits per heavy atom. The van der Waals surface area contributed by atoms with E-state index in [4.69, 9.17) is 5.73 Å². The van der Waals surface area contributed by atoms with Crippen molar-refractivity contribution >= 4 is 17.7 Å². The van der Waals surface area contributed by atoms with Gasteiger partial charge in [0.05, 0.1) is 17.8 Å². The SMILES string of the molecule is NC(=O)c1cc(-c2cccnc2[C@@H](CC(=O)Cn2nc(C(=O)O)c3c2C2CCC3C2)Cc2cc(F)cc(F)c2)ccc1F. The number of carboxylic acid groups (broad SMARTS) is 1. The van der Waals surface area contributed by atoms with Crippen LogP contribution in [0.2, 0.25) is 0 Å². The number of rotatable bonds is 10. The molecule has 3 N–H and O–H groups in total. The molecule has 1 fully saturated rings. The predicted octanol–water partition coefficient (Wildman–Crippen LogP) is 5.51. The average molecular weight is 589 g/mol. The highest BCUT2D eigenvalue weighted by Gasteiger charge is 2.44. The van der Waals surface area contributed by atoms with Gasteiger partial charge in [0.15, 0.2) is 11.5 Å². The zero-order valence-corrected chi connectivity index (χ0v) is 22.9. The fourth-order valence-electron chi connectivity index (χ4n) is 6.75. The number of carboxylic acids is 1. The lowest BCUT2D eigenvalue weighted by molar-refractivity contribution is -0.120. The number of fused-ring (bicyclic) bond motifs is 5. The molecule has 0 saturated heterocycles. The lowest BCUT2D eigenvalue weighted by Gasteiger charge is -2.20. The first-order valence-corrected chi connectivity index (χ1v) is 13.9. The first-order chi connectivity index (χ1) is 20.6. The summed E-state index contributed by atoms with van der Waals surface area (Å²) >= 11 is 0. The molecular formula is C32H27F3N4O4. The van der Waals surface area contributed by atoms with Gasteiger partial charge in [-0.05, 0) is 73.1 Å². The van der Waals surface area contributed by atoms with Crippen LogP contribution in [0.4, 0.5) is 13.2 Å². The summed E-state index contributed by atoms with van der Waals surface area (Å²) in [4.78, 5) is 41.9. The maximum atomic E-state index is 14.3. The van der Waals surface area contributed by atoms with Crippen LogP contribution in [0.3, 0.4) is 0 Å². The van der Waals surface area contributed by atoms with Crippen molar-refractivity contribution in [1.29, 1.82) is 0 Å². The number of benzene rings is 2. The number of nitrogens with two attached hydrogens (primary N) is 1. The van der Waals surface area contributed by atoms with E-state index in [0.717, 1.165) is 42.7 Å². The number of carbonyl (C=O) groups excluding carboxylic acids is 2. The number of carbonyl (C=O) groups is 3. The van der Waals surface area contributed by atoms with Gasteiger partial charge in [-0.2, -0.15) is 5.10 Å². The normalized spacial score (nSPS) is 17.6. The lowest BCUT2D eigenvalue weighted by atomic mass is 9.86. The highest BCUT2D eigenvalue weighted by Crippen LogP contribution is 2.54. The van der Waals surface area contributed by atoms with Gasteiger partial charge in [-0.15, -0.1) is 0 Å². The number of hydrogen-bond donors (Lipinski definition) is 2. The third-order valence-corrected chi connectivity index (χ3v) is 8.43. The van der Waals surface area contributed by atoms with Crippen LogP contribution >= 0.6 is 0 Å². The molecule has 2 unspecified atom stereocenters. The number of halogens is 3. The van der Waals surface area contributed by atoms with Gasteiger partial charge in [0.2, 0.25) is 0 Å². The first-order valence-electron chi connectivity index (χ1n) is 13.9. The van der Waals surface area contributed by atoms with Crippen molar-refractivity contribution in [1.82, 2.24) is 14.8 Å². The molecule has 2 aromatic carbocycles. The minimum atomic E-state index is -1.13. The summed E-state index contributed by atoms with van der Waals surface area (Å²) in [5.74, 6) is -5.09. The van der Waals surface area contributed by atoms with Crippen molar-refractivity contribution in [2.45, 2.75) is 56.4 Å². The number of amides is 1. The fraction of sp³-hybridized carbons (Fsp3) is 0.281. The molecule has 2 aromatic heterocycles. The number of Topliss-reactive ketones (excluding diaryl/α,β-unsaturated/α-hetero) is 1. The number of primary amides is 1. The standard InChI is InChI=1S/C32H27F3N4O4/c33-21-9-16(10-22(34)14-21)8-20(28-24(2-1-7-37-28)17-5-6-26(35)25(13-17)31(36)41)12-23(40)15-39-30-19-4-3-18(11-19)27(30)29(38-39)32(42)43/h1-2,5-7,9-10,13-14,18-20H,3-4,8,11-12,15H2,(H2,36,41)(H,42,43)/t18?,19?,20-/m1/s1. The number of ketones is 1. The number of nitrogens with zero attached hydrogens (tertiary/aromatic N) is 3. The van der Waals surface area contributed by atoms with Gasteiger partial charge in [-0.3, -0.25) is 19.3 Å². The fourth-order valence-corrected chi connectivity index (χ4v) is 6.75. The molecule has 0 radical (unpaired) electrons. The molecule has 1 amide bonds. The monoisotopic (exact) mass is 588 g/mol. The lowest BCUT2D eigenvalue weighted by Crippen LogP contribution is -2.19. The van der Waals surface area contributed by atoms with Gasteiger partial charge in [-0.25, -0.2) is 18.0 Å². The predicted molar refractivity (Wildman–Crippen MR) is 149 cm³/mol. The first kappa shape index (κ1) is 28.3. The summed E-state index contributed by atoms with van der Waals surface area (Å²) in [6.07, 6.45) is 4.09. The van der Waals surface area contributed by atoms with Crippen LogP contribution in [0.5, 0.6) is 0 Å². The molecule has 6 rings (SSSR count). The van der Waals surface area contributed by atoms with Crippen LogP contribution < -0.4 is 5.73 Å². The van der Waals surface area contributed by atoms with Crippen LogP contribution in [-0.4, -0.2) is 37.5 Å². The number of pyridine rings is 1. The van der Waals surface area contributed by atoms with E-state index in [0.29, 0.717) is 22.4 Å². The minimum Gasteiger partial charge on any atom is -0.476 e. The summed E-state index contributed by atoms with van der Waals surface area (Å²) in [7, 11) is 0. The molecule has 2 aliphatic carbocycles. The molecule has 8 nitrogen and oxygen atoms in total. The number of aromatic nitrogens is 3. The number of hydrogen-bond acceptors (Lipinski definition) is 5. The van der Waals surface area contributed by atoms with E-state index < -0.39 is 35.2 Å². The quantitative estimate of drug-likeness (QED) is 0.252. The Hall–Kier alpha value is -4.80. The molecule has 11 heteroatoms. The Kier molecular flexibility index (Phi) is 7.33. The second-order valence-corrected chi connectivity index (χ2v) is 11.2. The molecule has 1 saturated carbocycles. The molecule has 0 spiro atoms. The van der Waals surface area contributed by atoms with E-state index in [1.807, 2.05) is 0 Å². The van der Waals surface area contributed by atoms with E-state index in [9.17, 15) is 32.7 Å². The Labute approximate surface area is 244 Å². The summed E-state index contributed by atoms with van der Waals surface area (Å²) in [5.41, 5.74) is 8.16. The Balaban J connectivity index is 1.37. The van der Waals surface area contributed by atoms with Gasteiger partial charge in [-0.1, -0.05) is 12.1 Å². The minimum absolute atomic E-state index is 0.0182. The van der Waals surface area contributed by atoms with Crippen molar-refractivity contribution in [2.75, 3.05) is 0 Å². The smallest absolute Gasteiger partial charge is 0.356 e. The molecule has 0 aliphatic heterocycles. The van der Waals surface area contributed by atoms with Gasteiger partial charge < -0.3 is 10.8 Å². The van der Waals surface area contributed by atoms with E-state index in [-0.39, 0.29) is 48.3 Å². The van der Waals surface area contributed by atoms with Crippen molar-refractivity contribution in [3.8, 4) is 11.1 Å². The zero-order valence-electron chi connectivity index (χ0n) is 22.9. The van der Waals surface area contributed by atoms with Crippen molar-refractivity contribution in [3.05, 3.63) is 106 Å². The molecule has 2 bridgehead atoms. The van der Waals surface area contributed by atoms with E-state index >= 15 is 0 Å². The molecular weight excluding hydrogens is 561 g/mol. The molecule has 2 heterocycles. The highest BCUT2D eigenvalue weighted by atomic mass is 19.1. The molecule has 43 heavy (non-hydrogen) atoms. The number of aromatic carboxylic acids is 1. The van der Waals surface area contributed by atoms with Crippen molar-refractivity contribution in [2.24, 2.45) is 5.73 Å². The molecule has 4 aromatic rings. The second kappa shape index (κ2) is 11.1. The highest BCUT2D eigenvalue weighted by molar-refractivity contribution is 5.94. The summed E-state index contributed by atoms with van der Waals surface area (Å²) in [5, 5.41) is 14.1.